The fraction of sp³-hybridized carbons (Fsp3) is 0.250. The number of hydrogen-bond donors (Lipinski definition) is 1. The molecule has 2 aromatic rings. The van der Waals surface area contributed by atoms with Gasteiger partial charge in [-0.3, -0.25) is 10.1 Å². The molecule has 0 fully saturated rings. The molecule has 0 aliphatic heterocycles. The molecule has 0 heterocycles. The second kappa shape index (κ2) is 6.26. The molecule has 0 bridgehead atoms. The lowest BCUT2D eigenvalue weighted by atomic mass is 10.1. The Morgan fingerprint density at radius 2 is 1.95 bits per heavy atom. The summed E-state index contributed by atoms with van der Waals surface area (Å²) in [5.41, 5.74) is 3.29. The van der Waals surface area contributed by atoms with E-state index in [4.69, 9.17) is 0 Å². The van der Waals surface area contributed by atoms with Gasteiger partial charge < -0.3 is 10.2 Å². The van der Waals surface area contributed by atoms with Crippen molar-refractivity contribution in [3.8, 4) is 0 Å². The minimum absolute atomic E-state index is 0.100. The van der Waals surface area contributed by atoms with E-state index in [0.29, 0.717) is 17.9 Å². The Morgan fingerprint density at radius 3 is 2.52 bits per heavy atom. The number of nitrogens with zero attached hydrogens (tertiary/aromatic N) is 2. The quantitative estimate of drug-likeness (QED) is 0.663. The van der Waals surface area contributed by atoms with Gasteiger partial charge in [0, 0.05) is 19.3 Å². The molecule has 5 nitrogen and oxygen atoms in total. The van der Waals surface area contributed by atoms with Crippen LogP contribution in [-0.2, 0) is 0 Å². The molecule has 0 aliphatic carbocycles. The lowest BCUT2D eigenvalue weighted by molar-refractivity contribution is -0.383. The summed E-state index contributed by atoms with van der Waals surface area (Å²) in [5, 5.41) is 14.3. The van der Waals surface area contributed by atoms with Crippen molar-refractivity contribution in [3.63, 3.8) is 0 Å². The molecule has 0 saturated carbocycles. The Bertz CT molecular complexity index is 656. The van der Waals surface area contributed by atoms with Gasteiger partial charge in [-0.15, -0.1) is 0 Å². The number of hydrogen-bond acceptors (Lipinski definition) is 4. The molecule has 0 unspecified atom stereocenters. The summed E-state index contributed by atoms with van der Waals surface area (Å²) in [6.45, 7) is 4.64. The third-order valence-electron chi connectivity index (χ3n) is 3.39. The Labute approximate surface area is 124 Å². The van der Waals surface area contributed by atoms with Crippen molar-refractivity contribution in [3.05, 3.63) is 58.1 Å². The first kappa shape index (κ1) is 14.8. The minimum Gasteiger partial charge on any atom is -0.382 e. The zero-order valence-electron chi connectivity index (χ0n) is 12.5. The molecule has 2 rings (SSSR count). The summed E-state index contributed by atoms with van der Waals surface area (Å²) in [7, 11) is 1.69. The lowest BCUT2D eigenvalue weighted by Gasteiger charge is -2.24. The van der Waals surface area contributed by atoms with Gasteiger partial charge in [-0.25, -0.2) is 0 Å². The first-order valence-corrected chi connectivity index (χ1v) is 6.87. The van der Waals surface area contributed by atoms with E-state index < -0.39 is 0 Å². The van der Waals surface area contributed by atoms with E-state index in [-0.39, 0.29) is 10.6 Å². The van der Waals surface area contributed by atoms with Gasteiger partial charge >= 0.3 is 5.69 Å². The van der Waals surface area contributed by atoms with Crippen LogP contribution in [0.1, 0.15) is 12.5 Å². The van der Waals surface area contributed by atoms with Crippen molar-refractivity contribution < 1.29 is 4.92 Å². The molecular formula is C16H19N3O2. The summed E-state index contributed by atoms with van der Waals surface area (Å²) in [5.74, 6) is 0. The standard InChI is InChI=1S/C16H19N3O2/c1-4-18(13-8-5-7-12(2)11-13)15-10-6-9-14(17-3)16(15)19(20)21/h5-11,17H,4H2,1-3H3. The van der Waals surface area contributed by atoms with Gasteiger partial charge in [0.05, 0.1) is 4.92 Å². The summed E-state index contributed by atoms with van der Waals surface area (Å²) >= 11 is 0. The van der Waals surface area contributed by atoms with E-state index in [1.54, 1.807) is 19.2 Å². The smallest absolute Gasteiger partial charge is 0.315 e. The number of nitrogens with one attached hydrogen (secondary N) is 1. The van der Waals surface area contributed by atoms with Crippen molar-refractivity contribution in [1.82, 2.24) is 0 Å². The number of anilines is 3. The zero-order valence-corrected chi connectivity index (χ0v) is 12.5. The van der Waals surface area contributed by atoms with E-state index in [0.717, 1.165) is 11.3 Å². The summed E-state index contributed by atoms with van der Waals surface area (Å²) in [6.07, 6.45) is 0. The topological polar surface area (TPSA) is 58.4 Å². The summed E-state index contributed by atoms with van der Waals surface area (Å²) < 4.78 is 0. The summed E-state index contributed by atoms with van der Waals surface area (Å²) in [6, 6.07) is 13.3. The maximum Gasteiger partial charge on any atom is 0.315 e. The normalized spacial score (nSPS) is 10.2. The molecule has 0 saturated heterocycles. The first-order chi connectivity index (χ1) is 10.1. The monoisotopic (exact) mass is 285 g/mol. The van der Waals surface area contributed by atoms with Crippen LogP contribution in [0.4, 0.5) is 22.7 Å². The maximum absolute atomic E-state index is 11.5. The largest absolute Gasteiger partial charge is 0.382 e. The van der Waals surface area contributed by atoms with E-state index in [1.807, 2.05) is 49.1 Å². The number of rotatable bonds is 5. The Kier molecular flexibility index (Phi) is 4.42. The third kappa shape index (κ3) is 2.97. The molecule has 110 valence electrons. The van der Waals surface area contributed by atoms with Crippen molar-refractivity contribution in [2.45, 2.75) is 13.8 Å². The van der Waals surface area contributed by atoms with E-state index in [1.165, 1.54) is 0 Å². The highest BCUT2D eigenvalue weighted by Gasteiger charge is 2.23. The highest BCUT2D eigenvalue weighted by Crippen LogP contribution is 2.38. The van der Waals surface area contributed by atoms with Gasteiger partial charge in [-0.2, -0.15) is 0 Å². The fourth-order valence-electron chi connectivity index (χ4n) is 2.43. The van der Waals surface area contributed by atoms with Gasteiger partial charge in [0.1, 0.15) is 11.4 Å². The Balaban J connectivity index is 2.60. The van der Waals surface area contributed by atoms with E-state index in [9.17, 15) is 10.1 Å². The van der Waals surface area contributed by atoms with E-state index in [2.05, 4.69) is 5.32 Å². The van der Waals surface area contributed by atoms with Crippen LogP contribution in [0.15, 0.2) is 42.5 Å². The van der Waals surface area contributed by atoms with Crippen LogP contribution >= 0.6 is 0 Å². The fourth-order valence-corrected chi connectivity index (χ4v) is 2.43. The van der Waals surface area contributed by atoms with Crippen LogP contribution in [0, 0.1) is 17.0 Å². The molecule has 0 spiro atoms. The Hall–Kier alpha value is -2.56. The maximum atomic E-state index is 11.5. The molecule has 0 aromatic heterocycles. The number of nitro groups is 1. The lowest BCUT2D eigenvalue weighted by Crippen LogP contribution is -2.18. The predicted octanol–water partition coefficient (Wildman–Crippen LogP) is 4.10. The number of benzene rings is 2. The second-order valence-corrected chi connectivity index (χ2v) is 4.76. The molecule has 0 atom stereocenters. The van der Waals surface area contributed by atoms with Crippen LogP contribution in [0.25, 0.3) is 0 Å². The highest BCUT2D eigenvalue weighted by molar-refractivity contribution is 5.81. The molecule has 0 aliphatic rings. The van der Waals surface area contributed by atoms with Gasteiger partial charge in [0.2, 0.25) is 0 Å². The minimum atomic E-state index is -0.334. The number of para-hydroxylation sites is 1. The Morgan fingerprint density at radius 1 is 1.24 bits per heavy atom. The van der Waals surface area contributed by atoms with Crippen LogP contribution in [-0.4, -0.2) is 18.5 Å². The molecule has 0 amide bonds. The van der Waals surface area contributed by atoms with Gasteiger partial charge in [-0.05, 0) is 43.7 Å². The van der Waals surface area contributed by atoms with Crippen molar-refractivity contribution >= 4 is 22.7 Å². The molecule has 0 radical (unpaired) electrons. The molecule has 21 heavy (non-hydrogen) atoms. The SMILES string of the molecule is CCN(c1cccc(C)c1)c1cccc(NC)c1[N+](=O)[O-]. The molecular weight excluding hydrogens is 266 g/mol. The highest BCUT2D eigenvalue weighted by atomic mass is 16.6. The molecule has 5 heteroatoms. The average molecular weight is 285 g/mol. The van der Waals surface area contributed by atoms with Crippen LogP contribution in [0.2, 0.25) is 0 Å². The zero-order chi connectivity index (χ0) is 15.4. The van der Waals surface area contributed by atoms with Crippen molar-refractivity contribution in [1.29, 1.82) is 0 Å². The predicted molar refractivity (Wildman–Crippen MR) is 86.5 cm³/mol. The van der Waals surface area contributed by atoms with Crippen molar-refractivity contribution in [2.24, 2.45) is 0 Å². The second-order valence-electron chi connectivity index (χ2n) is 4.76. The number of nitro benzene ring substituents is 1. The van der Waals surface area contributed by atoms with Crippen LogP contribution in [0.5, 0.6) is 0 Å². The van der Waals surface area contributed by atoms with Gasteiger partial charge in [0.25, 0.3) is 0 Å². The molecule has 1 N–H and O–H groups in total. The molecule has 2 aromatic carbocycles. The van der Waals surface area contributed by atoms with Gasteiger partial charge in [0.15, 0.2) is 0 Å². The van der Waals surface area contributed by atoms with Crippen molar-refractivity contribution in [2.75, 3.05) is 23.8 Å². The van der Waals surface area contributed by atoms with Crippen LogP contribution in [0.3, 0.4) is 0 Å². The first-order valence-electron chi connectivity index (χ1n) is 6.87. The summed E-state index contributed by atoms with van der Waals surface area (Å²) in [4.78, 5) is 13.1. The van der Waals surface area contributed by atoms with Crippen LogP contribution < -0.4 is 10.2 Å². The number of aryl methyl sites for hydroxylation is 1. The average Bonchev–Trinajstić information content (AvgIpc) is 2.47. The van der Waals surface area contributed by atoms with E-state index >= 15 is 0 Å². The van der Waals surface area contributed by atoms with Gasteiger partial charge in [-0.1, -0.05) is 18.2 Å². The third-order valence-corrected chi connectivity index (χ3v) is 3.39.